The van der Waals surface area contributed by atoms with Crippen LogP contribution in [0.25, 0.3) is 10.9 Å². The lowest BCUT2D eigenvalue weighted by Crippen LogP contribution is -2.33. The number of hydrogen-bond donors (Lipinski definition) is 2. The van der Waals surface area contributed by atoms with Gasteiger partial charge in [-0.3, -0.25) is 23.9 Å². The van der Waals surface area contributed by atoms with E-state index in [1.807, 2.05) is 6.07 Å². The second-order valence-electron chi connectivity index (χ2n) is 8.67. The molecule has 0 atom stereocenters. The first-order valence-corrected chi connectivity index (χ1v) is 11.3. The second kappa shape index (κ2) is 9.65. The van der Waals surface area contributed by atoms with Crippen molar-refractivity contribution in [1.29, 1.82) is 0 Å². The molecule has 0 bridgehead atoms. The van der Waals surface area contributed by atoms with Crippen LogP contribution in [0.5, 0.6) is 0 Å². The van der Waals surface area contributed by atoms with Crippen LogP contribution in [0.3, 0.4) is 0 Å². The SMILES string of the molecule is O=C(NC1CC1)c1cnc2ccc(CNC(=O)c3cncn(Cc4ccc(F)c(F)c4)c3=O)cc2c1. The number of amides is 2. The third-order valence-corrected chi connectivity index (χ3v) is 5.86. The fraction of sp³-hybridized carbons (Fsp3) is 0.192. The standard InChI is InChI=1S/C26H21F2N5O3/c27-21-5-1-16(8-22(21)28)13-33-14-29-12-20(26(33)36)25(35)31-10-15-2-6-23-17(7-15)9-18(11-30-23)24(34)32-19-3-4-19/h1-2,5-9,11-12,14,19H,3-4,10,13H2,(H,31,35)(H,32,34). The second-order valence-corrected chi connectivity index (χ2v) is 8.67. The van der Waals surface area contributed by atoms with Gasteiger partial charge in [-0.05, 0) is 54.3 Å². The predicted octanol–water partition coefficient (Wildman–Crippen LogP) is 2.94. The largest absolute Gasteiger partial charge is 0.349 e. The summed E-state index contributed by atoms with van der Waals surface area (Å²) in [7, 11) is 0. The van der Waals surface area contributed by atoms with E-state index < -0.39 is 23.1 Å². The van der Waals surface area contributed by atoms with E-state index in [4.69, 9.17) is 0 Å². The molecule has 0 saturated heterocycles. The number of hydrogen-bond acceptors (Lipinski definition) is 5. The van der Waals surface area contributed by atoms with E-state index in [1.54, 1.807) is 18.2 Å². The van der Waals surface area contributed by atoms with Crippen molar-refractivity contribution in [1.82, 2.24) is 25.2 Å². The van der Waals surface area contributed by atoms with Crippen LogP contribution >= 0.6 is 0 Å². The van der Waals surface area contributed by atoms with Crippen molar-refractivity contribution in [3.63, 3.8) is 0 Å². The molecule has 2 N–H and O–H groups in total. The number of carbonyl (C=O) groups excluding carboxylic acids is 2. The fourth-order valence-electron chi connectivity index (χ4n) is 3.74. The fourth-order valence-corrected chi connectivity index (χ4v) is 3.74. The Labute approximate surface area is 204 Å². The average Bonchev–Trinajstić information content (AvgIpc) is 3.69. The van der Waals surface area contributed by atoms with E-state index in [-0.39, 0.29) is 30.6 Å². The molecule has 2 amide bonds. The molecule has 0 unspecified atom stereocenters. The van der Waals surface area contributed by atoms with Crippen LogP contribution in [0.1, 0.15) is 44.7 Å². The van der Waals surface area contributed by atoms with Gasteiger partial charge in [-0.25, -0.2) is 13.8 Å². The normalized spacial score (nSPS) is 12.9. The molecule has 2 aromatic carbocycles. The predicted molar refractivity (Wildman–Crippen MR) is 127 cm³/mol. The Morgan fingerprint density at radius 3 is 2.56 bits per heavy atom. The van der Waals surface area contributed by atoms with E-state index in [1.165, 1.54) is 18.6 Å². The van der Waals surface area contributed by atoms with E-state index in [0.717, 1.165) is 46.7 Å². The molecular weight excluding hydrogens is 468 g/mol. The summed E-state index contributed by atoms with van der Waals surface area (Å²) in [4.78, 5) is 46.1. The van der Waals surface area contributed by atoms with Crippen molar-refractivity contribution < 1.29 is 18.4 Å². The van der Waals surface area contributed by atoms with E-state index in [0.29, 0.717) is 16.6 Å². The van der Waals surface area contributed by atoms with E-state index in [9.17, 15) is 23.2 Å². The lowest BCUT2D eigenvalue weighted by Gasteiger charge is -2.10. The minimum atomic E-state index is -1.02. The van der Waals surface area contributed by atoms with Crippen LogP contribution in [0.4, 0.5) is 8.78 Å². The molecule has 0 spiro atoms. The van der Waals surface area contributed by atoms with E-state index in [2.05, 4.69) is 20.6 Å². The van der Waals surface area contributed by atoms with Crippen LogP contribution in [0.15, 0.2) is 66.0 Å². The quantitative estimate of drug-likeness (QED) is 0.415. The van der Waals surface area contributed by atoms with Gasteiger partial charge in [-0.2, -0.15) is 0 Å². The molecule has 2 heterocycles. The smallest absolute Gasteiger partial charge is 0.266 e. The molecular formula is C26H21F2N5O3. The zero-order valence-corrected chi connectivity index (χ0v) is 19.0. The monoisotopic (exact) mass is 489 g/mol. The van der Waals surface area contributed by atoms with Crippen molar-refractivity contribution in [2.75, 3.05) is 0 Å². The van der Waals surface area contributed by atoms with Gasteiger partial charge in [-0.1, -0.05) is 12.1 Å². The summed E-state index contributed by atoms with van der Waals surface area (Å²) in [6, 6.07) is 10.7. The topological polar surface area (TPSA) is 106 Å². The molecule has 1 fully saturated rings. The van der Waals surface area contributed by atoms with Crippen molar-refractivity contribution in [2.45, 2.75) is 32.0 Å². The molecule has 0 aliphatic heterocycles. The first-order chi connectivity index (χ1) is 17.4. The Balaban J connectivity index is 1.29. The molecule has 0 radical (unpaired) electrons. The van der Waals surface area contributed by atoms with Gasteiger partial charge >= 0.3 is 0 Å². The van der Waals surface area contributed by atoms with Crippen molar-refractivity contribution in [3.8, 4) is 0 Å². The molecule has 1 aliphatic rings. The summed E-state index contributed by atoms with van der Waals surface area (Å²) in [5, 5.41) is 6.38. The number of nitrogens with one attached hydrogen (secondary N) is 2. The van der Waals surface area contributed by atoms with Crippen LogP contribution in [0, 0.1) is 11.6 Å². The van der Waals surface area contributed by atoms with Crippen molar-refractivity contribution >= 4 is 22.7 Å². The Bertz CT molecular complexity index is 1550. The maximum Gasteiger partial charge on any atom is 0.266 e. The number of pyridine rings is 1. The summed E-state index contributed by atoms with van der Waals surface area (Å²) >= 11 is 0. The Morgan fingerprint density at radius 2 is 1.78 bits per heavy atom. The number of benzene rings is 2. The molecule has 8 nitrogen and oxygen atoms in total. The maximum absolute atomic E-state index is 13.5. The number of carbonyl (C=O) groups is 2. The van der Waals surface area contributed by atoms with Gasteiger partial charge in [0.25, 0.3) is 17.4 Å². The number of halogens is 2. The van der Waals surface area contributed by atoms with Crippen LogP contribution in [0.2, 0.25) is 0 Å². The van der Waals surface area contributed by atoms with Gasteiger partial charge in [0.15, 0.2) is 11.6 Å². The van der Waals surface area contributed by atoms with Gasteiger partial charge in [0.05, 0.1) is 24.0 Å². The zero-order valence-electron chi connectivity index (χ0n) is 19.0. The average molecular weight is 489 g/mol. The molecule has 36 heavy (non-hydrogen) atoms. The van der Waals surface area contributed by atoms with Gasteiger partial charge in [0.2, 0.25) is 0 Å². The Morgan fingerprint density at radius 1 is 0.972 bits per heavy atom. The first kappa shape index (κ1) is 23.3. The molecule has 5 rings (SSSR count). The third kappa shape index (κ3) is 5.12. The molecule has 1 saturated carbocycles. The first-order valence-electron chi connectivity index (χ1n) is 11.3. The van der Waals surface area contributed by atoms with Gasteiger partial charge < -0.3 is 10.6 Å². The zero-order chi connectivity index (χ0) is 25.2. The lowest BCUT2D eigenvalue weighted by atomic mass is 10.1. The summed E-state index contributed by atoms with van der Waals surface area (Å²) in [6.45, 7) is 0.0588. The highest BCUT2D eigenvalue weighted by Gasteiger charge is 2.24. The molecule has 2 aromatic heterocycles. The van der Waals surface area contributed by atoms with Gasteiger partial charge in [0, 0.05) is 30.4 Å². The van der Waals surface area contributed by atoms with Crippen molar-refractivity contribution in [3.05, 3.63) is 105 Å². The Hall–Kier alpha value is -4.47. The van der Waals surface area contributed by atoms with Crippen LogP contribution in [-0.4, -0.2) is 32.4 Å². The maximum atomic E-state index is 13.5. The summed E-state index contributed by atoms with van der Waals surface area (Å²) < 4.78 is 27.8. The van der Waals surface area contributed by atoms with Crippen molar-refractivity contribution in [2.24, 2.45) is 0 Å². The highest BCUT2D eigenvalue weighted by molar-refractivity contribution is 5.97. The molecule has 182 valence electrons. The summed E-state index contributed by atoms with van der Waals surface area (Å²) in [6.07, 6.45) is 5.91. The highest BCUT2D eigenvalue weighted by atomic mass is 19.2. The number of fused-ring (bicyclic) bond motifs is 1. The number of aromatic nitrogens is 3. The number of nitrogens with zero attached hydrogens (tertiary/aromatic N) is 3. The molecule has 4 aromatic rings. The summed E-state index contributed by atoms with van der Waals surface area (Å²) in [5.41, 5.74) is 1.49. The lowest BCUT2D eigenvalue weighted by molar-refractivity contribution is 0.0941. The van der Waals surface area contributed by atoms with Crippen LogP contribution < -0.4 is 16.2 Å². The highest BCUT2D eigenvalue weighted by Crippen LogP contribution is 2.20. The van der Waals surface area contributed by atoms with E-state index >= 15 is 0 Å². The van der Waals surface area contributed by atoms with Gasteiger partial charge in [-0.15, -0.1) is 0 Å². The minimum Gasteiger partial charge on any atom is -0.349 e. The van der Waals surface area contributed by atoms with Gasteiger partial charge in [0.1, 0.15) is 5.56 Å². The Kier molecular flexibility index (Phi) is 6.24. The molecule has 10 heteroatoms. The summed E-state index contributed by atoms with van der Waals surface area (Å²) in [5.74, 6) is -2.80. The number of rotatable bonds is 7. The third-order valence-electron chi connectivity index (χ3n) is 5.86. The molecule has 1 aliphatic carbocycles. The van der Waals surface area contributed by atoms with Crippen LogP contribution in [-0.2, 0) is 13.1 Å². The minimum absolute atomic E-state index is 0.0709.